The van der Waals surface area contributed by atoms with Crippen LogP contribution < -0.4 is 5.32 Å². The first-order valence-corrected chi connectivity index (χ1v) is 6.88. The predicted molar refractivity (Wildman–Crippen MR) is 77.6 cm³/mol. The van der Waals surface area contributed by atoms with Crippen LogP contribution in [0.25, 0.3) is 0 Å². The summed E-state index contributed by atoms with van der Waals surface area (Å²) in [6.07, 6.45) is 0.949. The molecular weight excluding hydrogens is 240 g/mol. The summed E-state index contributed by atoms with van der Waals surface area (Å²) in [5, 5.41) is 12.2. The maximum atomic E-state index is 12.0. The van der Waals surface area contributed by atoms with Crippen LogP contribution in [0.15, 0.2) is 18.2 Å². The van der Waals surface area contributed by atoms with Crippen molar-refractivity contribution >= 4 is 5.91 Å². The number of phenolic OH excluding ortho intramolecular Hbond substituents is 1. The molecule has 0 bridgehead atoms. The molecule has 4 heteroatoms. The first kappa shape index (κ1) is 15.5. The summed E-state index contributed by atoms with van der Waals surface area (Å²) in [4.78, 5) is 14.3. The molecule has 0 fully saturated rings. The average molecular weight is 264 g/mol. The molecule has 0 aromatic heterocycles. The molecule has 2 N–H and O–H groups in total. The summed E-state index contributed by atoms with van der Waals surface area (Å²) in [7, 11) is 0. The van der Waals surface area contributed by atoms with Gasteiger partial charge in [0.25, 0.3) is 5.91 Å². The number of benzene rings is 1. The first-order valence-electron chi connectivity index (χ1n) is 6.88. The molecular formula is C15H24N2O2. The molecule has 0 saturated heterocycles. The van der Waals surface area contributed by atoms with E-state index in [4.69, 9.17) is 0 Å². The lowest BCUT2D eigenvalue weighted by Gasteiger charge is -2.17. The van der Waals surface area contributed by atoms with E-state index in [9.17, 15) is 9.90 Å². The number of rotatable bonds is 7. The molecule has 1 aromatic rings. The number of carbonyl (C=O) groups is 1. The van der Waals surface area contributed by atoms with Gasteiger partial charge in [-0.05, 0) is 56.7 Å². The number of carbonyl (C=O) groups excluding carboxylic acids is 1. The molecule has 1 amide bonds. The van der Waals surface area contributed by atoms with Crippen molar-refractivity contribution in [3.8, 4) is 5.75 Å². The highest BCUT2D eigenvalue weighted by Crippen LogP contribution is 2.15. The van der Waals surface area contributed by atoms with Crippen LogP contribution in [0.2, 0.25) is 0 Å². The zero-order valence-corrected chi connectivity index (χ0v) is 12.1. The van der Waals surface area contributed by atoms with E-state index in [1.165, 1.54) is 6.07 Å². The number of nitrogens with zero attached hydrogens (tertiary/aromatic N) is 1. The van der Waals surface area contributed by atoms with Gasteiger partial charge < -0.3 is 15.3 Å². The van der Waals surface area contributed by atoms with Crippen LogP contribution >= 0.6 is 0 Å². The monoisotopic (exact) mass is 264 g/mol. The Labute approximate surface area is 115 Å². The Morgan fingerprint density at radius 2 is 2.00 bits per heavy atom. The van der Waals surface area contributed by atoms with Crippen LogP contribution in [0.5, 0.6) is 5.75 Å². The van der Waals surface area contributed by atoms with Gasteiger partial charge in [-0.15, -0.1) is 0 Å². The van der Waals surface area contributed by atoms with E-state index in [0.29, 0.717) is 12.1 Å². The number of nitrogens with one attached hydrogen (secondary N) is 1. The molecule has 19 heavy (non-hydrogen) atoms. The smallest absolute Gasteiger partial charge is 0.251 e. The van der Waals surface area contributed by atoms with Crippen LogP contribution in [0.4, 0.5) is 0 Å². The summed E-state index contributed by atoms with van der Waals surface area (Å²) < 4.78 is 0. The van der Waals surface area contributed by atoms with Crippen LogP contribution in [-0.4, -0.2) is 42.1 Å². The summed E-state index contributed by atoms with van der Waals surface area (Å²) in [5.74, 6) is 0.118. The molecule has 0 atom stereocenters. The third kappa shape index (κ3) is 4.91. The van der Waals surface area contributed by atoms with Gasteiger partial charge >= 0.3 is 0 Å². The molecule has 106 valence electrons. The highest BCUT2D eigenvalue weighted by atomic mass is 16.3. The standard InChI is InChI=1S/C15H24N2O2/c1-4-17(5-2)10-6-9-16-15(19)14-8-7-13(18)11-12(14)3/h7-8,11,18H,4-6,9-10H2,1-3H3,(H,16,19). The minimum Gasteiger partial charge on any atom is -0.508 e. The first-order chi connectivity index (χ1) is 9.08. The van der Waals surface area contributed by atoms with Gasteiger partial charge in [-0.1, -0.05) is 13.8 Å². The van der Waals surface area contributed by atoms with E-state index < -0.39 is 0 Å². The predicted octanol–water partition coefficient (Wildman–Crippen LogP) is 2.16. The lowest BCUT2D eigenvalue weighted by atomic mass is 10.1. The van der Waals surface area contributed by atoms with Gasteiger partial charge in [0.2, 0.25) is 0 Å². The van der Waals surface area contributed by atoms with Crippen molar-refractivity contribution in [3.63, 3.8) is 0 Å². The summed E-state index contributed by atoms with van der Waals surface area (Å²) in [6, 6.07) is 4.80. The number of hydrogen-bond donors (Lipinski definition) is 2. The van der Waals surface area contributed by atoms with Crippen LogP contribution in [0.3, 0.4) is 0 Å². The van der Waals surface area contributed by atoms with Crippen molar-refractivity contribution < 1.29 is 9.90 Å². The molecule has 4 nitrogen and oxygen atoms in total. The molecule has 0 aliphatic heterocycles. The van der Waals surface area contributed by atoms with Crippen molar-refractivity contribution in [2.45, 2.75) is 27.2 Å². The summed E-state index contributed by atoms with van der Waals surface area (Å²) >= 11 is 0. The molecule has 0 spiro atoms. The van der Waals surface area contributed by atoms with Gasteiger partial charge in [-0.2, -0.15) is 0 Å². The Balaban J connectivity index is 2.39. The molecule has 0 aliphatic rings. The van der Waals surface area contributed by atoms with E-state index in [1.54, 1.807) is 12.1 Å². The second kappa shape index (κ2) is 7.79. The van der Waals surface area contributed by atoms with E-state index in [2.05, 4.69) is 24.1 Å². The second-order valence-electron chi connectivity index (χ2n) is 4.64. The summed E-state index contributed by atoms with van der Waals surface area (Å²) in [5.41, 5.74) is 1.42. The molecule has 0 aliphatic carbocycles. The molecule has 0 heterocycles. The Hall–Kier alpha value is -1.55. The van der Waals surface area contributed by atoms with Gasteiger partial charge in [-0.25, -0.2) is 0 Å². The largest absolute Gasteiger partial charge is 0.508 e. The molecule has 1 aromatic carbocycles. The Morgan fingerprint density at radius 1 is 1.32 bits per heavy atom. The Kier molecular flexibility index (Phi) is 6.36. The topological polar surface area (TPSA) is 52.6 Å². The van der Waals surface area contributed by atoms with Gasteiger partial charge in [-0.3, -0.25) is 4.79 Å². The molecule has 0 radical (unpaired) electrons. The van der Waals surface area contributed by atoms with Crippen molar-refractivity contribution in [3.05, 3.63) is 29.3 Å². The highest BCUT2D eigenvalue weighted by Gasteiger charge is 2.08. The normalized spacial score (nSPS) is 10.7. The molecule has 0 saturated carbocycles. The fraction of sp³-hybridized carbons (Fsp3) is 0.533. The zero-order valence-electron chi connectivity index (χ0n) is 12.1. The Bertz CT molecular complexity index is 415. The highest BCUT2D eigenvalue weighted by molar-refractivity contribution is 5.95. The van der Waals surface area contributed by atoms with Gasteiger partial charge in [0.05, 0.1) is 0 Å². The van der Waals surface area contributed by atoms with Crippen LogP contribution in [0, 0.1) is 6.92 Å². The fourth-order valence-electron chi connectivity index (χ4n) is 2.04. The summed E-state index contributed by atoms with van der Waals surface area (Å²) in [6.45, 7) is 9.87. The van der Waals surface area contributed by atoms with Crippen molar-refractivity contribution in [1.82, 2.24) is 10.2 Å². The van der Waals surface area contributed by atoms with E-state index in [0.717, 1.165) is 31.6 Å². The quantitative estimate of drug-likeness (QED) is 0.742. The third-order valence-electron chi connectivity index (χ3n) is 3.29. The number of phenols is 1. The average Bonchev–Trinajstić information content (AvgIpc) is 2.38. The zero-order chi connectivity index (χ0) is 14.3. The number of aryl methyl sites for hydroxylation is 1. The van der Waals surface area contributed by atoms with Gasteiger partial charge in [0, 0.05) is 12.1 Å². The molecule has 1 rings (SSSR count). The minimum atomic E-state index is -0.0722. The van der Waals surface area contributed by atoms with E-state index in [-0.39, 0.29) is 11.7 Å². The maximum Gasteiger partial charge on any atom is 0.251 e. The third-order valence-corrected chi connectivity index (χ3v) is 3.29. The van der Waals surface area contributed by atoms with Crippen molar-refractivity contribution in [1.29, 1.82) is 0 Å². The van der Waals surface area contributed by atoms with Crippen LogP contribution in [0.1, 0.15) is 36.2 Å². The van der Waals surface area contributed by atoms with E-state index in [1.807, 2.05) is 6.92 Å². The van der Waals surface area contributed by atoms with Gasteiger partial charge in [0.15, 0.2) is 0 Å². The van der Waals surface area contributed by atoms with Crippen LogP contribution in [-0.2, 0) is 0 Å². The van der Waals surface area contributed by atoms with E-state index >= 15 is 0 Å². The molecule has 0 unspecified atom stereocenters. The SMILES string of the molecule is CCN(CC)CCCNC(=O)c1ccc(O)cc1C. The lowest BCUT2D eigenvalue weighted by Crippen LogP contribution is -2.30. The number of aromatic hydroxyl groups is 1. The van der Waals surface area contributed by atoms with Crippen molar-refractivity contribution in [2.75, 3.05) is 26.2 Å². The minimum absolute atomic E-state index is 0.0722. The van der Waals surface area contributed by atoms with Gasteiger partial charge in [0.1, 0.15) is 5.75 Å². The van der Waals surface area contributed by atoms with Crippen molar-refractivity contribution in [2.24, 2.45) is 0 Å². The number of hydrogen-bond acceptors (Lipinski definition) is 3. The lowest BCUT2D eigenvalue weighted by molar-refractivity contribution is 0.0951. The second-order valence-corrected chi connectivity index (χ2v) is 4.64. The maximum absolute atomic E-state index is 12.0. The fourth-order valence-corrected chi connectivity index (χ4v) is 2.04. The Morgan fingerprint density at radius 3 is 2.58 bits per heavy atom. The number of amides is 1.